The molecule has 2 aromatic heterocycles. The molecule has 0 saturated heterocycles. The summed E-state index contributed by atoms with van der Waals surface area (Å²) >= 11 is 6.17. The number of halogens is 1. The summed E-state index contributed by atoms with van der Waals surface area (Å²) in [6, 6.07) is 9.42. The van der Waals surface area contributed by atoms with Crippen LogP contribution in [0.2, 0.25) is 5.02 Å². The van der Waals surface area contributed by atoms with Crippen molar-refractivity contribution in [3.05, 3.63) is 46.6 Å². The average molecular weight is 451 g/mol. The lowest BCUT2D eigenvalue weighted by Crippen LogP contribution is -2.30. The fraction of sp³-hybridized carbons (Fsp3) is 0.286. The van der Waals surface area contributed by atoms with Crippen LogP contribution in [0, 0.1) is 11.3 Å². The molecule has 1 aromatic carbocycles. The number of methoxy groups -OCH3 is 1. The number of hydrogen-bond donors (Lipinski definition) is 3. The van der Waals surface area contributed by atoms with E-state index in [2.05, 4.69) is 26.0 Å². The minimum absolute atomic E-state index is 0.269. The summed E-state index contributed by atoms with van der Waals surface area (Å²) in [5.41, 5.74) is 2.83. The lowest BCUT2D eigenvalue weighted by molar-refractivity contribution is -0.116. The van der Waals surface area contributed by atoms with Crippen LogP contribution in [0.3, 0.4) is 0 Å². The lowest BCUT2D eigenvalue weighted by atomic mass is 10.1. The van der Waals surface area contributed by atoms with Gasteiger partial charge in [0.15, 0.2) is 5.65 Å². The van der Waals surface area contributed by atoms with Gasteiger partial charge in [-0.15, -0.1) is 0 Å². The van der Waals surface area contributed by atoms with Gasteiger partial charge in [0.25, 0.3) is 5.91 Å². The standard InChI is InChI=1S/C21H19ClN8O2/c1-32-21-27-16(20(31)29-21)6-12-10-24-30-18(26-13-4-5-13)8-17(28-19(12)30)25-14-3-2-11(9-23)15(22)7-14/h2-3,7-8,10,13,21,26H,4-6H2,1H3,(H,25,28)(H,29,31). The number of nitrogens with zero attached hydrogens (tertiary/aromatic N) is 5. The maximum Gasteiger partial charge on any atom is 0.269 e. The fourth-order valence-corrected chi connectivity index (χ4v) is 3.64. The summed E-state index contributed by atoms with van der Waals surface area (Å²) in [4.78, 5) is 21.2. The number of ether oxygens (including phenoxy) is 1. The molecule has 3 N–H and O–H groups in total. The minimum Gasteiger partial charge on any atom is -0.367 e. The molecule has 2 aliphatic rings. The molecule has 1 atom stereocenters. The van der Waals surface area contributed by atoms with Crippen LogP contribution in [-0.2, 0) is 16.0 Å². The molecule has 11 heteroatoms. The van der Waals surface area contributed by atoms with Crippen LogP contribution >= 0.6 is 11.6 Å². The zero-order chi connectivity index (χ0) is 22.2. The van der Waals surface area contributed by atoms with Gasteiger partial charge in [-0.05, 0) is 31.0 Å². The second-order valence-electron chi connectivity index (χ2n) is 7.60. The van der Waals surface area contributed by atoms with E-state index in [-0.39, 0.29) is 12.3 Å². The molecule has 1 fully saturated rings. The molecule has 1 saturated carbocycles. The van der Waals surface area contributed by atoms with Gasteiger partial charge in [0, 0.05) is 36.9 Å². The number of fused-ring (bicyclic) bond motifs is 1. The van der Waals surface area contributed by atoms with E-state index in [0.29, 0.717) is 39.5 Å². The summed E-state index contributed by atoms with van der Waals surface area (Å²) in [5.74, 6) is 1.10. The number of aromatic nitrogens is 3. The van der Waals surface area contributed by atoms with E-state index in [9.17, 15) is 4.79 Å². The average Bonchev–Trinajstić information content (AvgIpc) is 3.39. The molecule has 5 rings (SSSR count). The van der Waals surface area contributed by atoms with Crippen molar-refractivity contribution >= 4 is 46.2 Å². The largest absolute Gasteiger partial charge is 0.367 e. The number of nitrogens with one attached hydrogen (secondary N) is 3. The second-order valence-corrected chi connectivity index (χ2v) is 8.00. The van der Waals surface area contributed by atoms with E-state index in [1.807, 2.05) is 12.1 Å². The molecule has 0 bridgehead atoms. The van der Waals surface area contributed by atoms with Gasteiger partial charge in [-0.1, -0.05) is 11.6 Å². The third-order valence-electron chi connectivity index (χ3n) is 5.21. The predicted octanol–water partition coefficient (Wildman–Crippen LogP) is 2.62. The Balaban J connectivity index is 1.51. The molecule has 1 amide bonds. The third kappa shape index (κ3) is 3.95. The Labute approximate surface area is 188 Å². The van der Waals surface area contributed by atoms with Gasteiger partial charge in [-0.3, -0.25) is 4.79 Å². The molecule has 1 unspecified atom stereocenters. The Morgan fingerprint density at radius 2 is 2.22 bits per heavy atom. The van der Waals surface area contributed by atoms with E-state index in [1.165, 1.54) is 7.11 Å². The molecule has 1 aliphatic heterocycles. The van der Waals surface area contributed by atoms with Crippen molar-refractivity contribution in [2.45, 2.75) is 31.7 Å². The molecule has 0 spiro atoms. The Morgan fingerprint density at radius 1 is 1.38 bits per heavy atom. The van der Waals surface area contributed by atoms with Crippen LogP contribution in [0.25, 0.3) is 5.65 Å². The molecule has 1 aliphatic carbocycles. The van der Waals surface area contributed by atoms with Crippen molar-refractivity contribution in [1.29, 1.82) is 5.26 Å². The van der Waals surface area contributed by atoms with Crippen LogP contribution in [0.5, 0.6) is 0 Å². The summed E-state index contributed by atoms with van der Waals surface area (Å²) < 4.78 is 6.82. The molecule has 3 aromatic rings. The predicted molar refractivity (Wildman–Crippen MR) is 119 cm³/mol. The zero-order valence-corrected chi connectivity index (χ0v) is 17.8. The van der Waals surface area contributed by atoms with Gasteiger partial charge in [0.05, 0.1) is 16.8 Å². The number of benzene rings is 1. The number of carbonyl (C=O) groups is 1. The Hall–Kier alpha value is -3.68. The molecule has 32 heavy (non-hydrogen) atoms. The normalized spacial score (nSPS) is 17.7. The number of amides is 1. The Kier molecular flexibility index (Phi) is 5.13. The first-order valence-electron chi connectivity index (χ1n) is 10.1. The van der Waals surface area contributed by atoms with Crippen LogP contribution in [-0.4, -0.2) is 45.7 Å². The van der Waals surface area contributed by atoms with Gasteiger partial charge < -0.3 is 20.7 Å². The molecular weight excluding hydrogens is 432 g/mol. The van der Waals surface area contributed by atoms with Gasteiger partial charge >= 0.3 is 0 Å². The van der Waals surface area contributed by atoms with Crippen LogP contribution in [0.1, 0.15) is 24.0 Å². The number of aliphatic imine (C=N–C) groups is 1. The summed E-state index contributed by atoms with van der Waals surface area (Å²) in [6.07, 6.45) is 3.50. The maximum absolute atomic E-state index is 12.2. The Morgan fingerprint density at radius 3 is 2.91 bits per heavy atom. The quantitative estimate of drug-likeness (QED) is 0.504. The molecular formula is C21H19ClN8O2. The number of carbonyl (C=O) groups excluding carboxylic acids is 1. The van der Waals surface area contributed by atoms with Crippen molar-refractivity contribution in [2.75, 3.05) is 17.7 Å². The SMILES string of the molecule is COC1N=C(Cc2cnn3c(NC4CC4)cc(Nc4ccc(C#N)c(Cl)c4)nc23)C(=O)N1. The van der Waals surface area contributed by atoms with Gasteiger partial charge in [0.1, 0.15) is 23.4 Å². The monoisotopic (exact) mass is 450 g/mol. The first-order chi connectivity index (χ1) is 15.5. The number of hydrogen-bond acceptors (Lipinski definition) is 8. The molecule has 3 heterocycles. The van der Waals surface area contributed by atoms with Crippen molar-refractivity contribution in [3.63, 3.8) is 0 Å². The highest BCUT2D eigenvalue weighted by Gasteiger charge is 2.27. The van der Waals surface area contributed by atoms with Crippen LogP contribution in [0.15, 0.2) is 35.5 Å². The molecule has 0 radical (unpaired) electrons. The number of rotatable bonds is 7. The highest BCUT2D eigenvalue weighted by molar-refractivity contribution is 6.40. The van der Waals surface area contributed by atoms with E-state index >= 15 is 0 Å². The van der Waals surface area contributed by atoms with Gasteiger partial charge in [0.2, 0.25) is 6.35 Å². The van der Waals surface area contributed by atoms with Crippen LogP contribution in [0.4, 0.5) is 17.3 Å². The van der Waals surface area contributed by atoms with Crippen molar-refractivity contribution in [2.24, 2.45) is 4.99 Å². The van der Waals surface area contributed by atoms with E-state index in [0.717, 1.165) is 24.2 Å². The van der Waals surface area contributed by atoms with E-state index < -0.39 is 6.35 Å². The minimum atomic E-state index is -0.669. The second kappa shape index (κ2) is 8.11. The smallest absolute Gasteiger partial charge is 0.269 e. The number of nitriles is 1. The molecule has 162 valence electrons. The third-order valence-corrected chi connectivity index (χ3v) is 5.52. The number of anilines is 3. The maximum atomic E-state index is 12.2. The van der Waals surface area contributed by atoms with E-state index in [4.69, 9.17) is 26.6 Å². The van der Waals surface area contributed by atoms with Gasteiger partial charge in [-0.25, -0.2) is 9.98 Å². The van der Waals surface area contributed by atoms with Crippen molar-refractivity contribution in [1.82, 2.24) is 19.9 Å². The summed E-state index contributed by atoms with van der Waals surface area (Å²) in [7, 11) is 1.48. The first kappa shape index (κ1) is 20.2. The van der Waals surface area contributed by atoms with E-state index in [1.54, 1.807) is 28.9 Å². The highest BCUT2D eigenvalue weighted by atomic mass is 35.5. The lowest BCUT2D eigenvalue weighted by Gasteiger charge is -2.12. The first-order valence-corrected chi connectivity index (χ1v) is 10.4. The molecule has 10 nitrogen and oxygen atoms in total. The highest BCUT2D eigenvalue weighted by Crippen LogP contribution is 2.29. The van der Waals surface area contributed by atoms with Crippen molar-refractivity contribution in [3.8, 4) is 6.07 Å². The van der Waals surface area contributed by atoms with Crippen molar-refractivity contribution < 1.29 is 9.53 Å². The fourth-order valence-electron chi connectivity index (χ4n) is 3.41. The summed E-state index contributed by atoms with van der Waals surface area (Å²) in [6.45, 7) is 0. The Bertz CT molecular complexity index is 1290. The van der Waals surface area contributed by atoms with Gasteiger partial charge in [-0.2, -0.15) is 14.9 Å². The summed E-state index contributed by atoms with van der Waals surface area (Å²) in [5, 5.41) is 23.3. The van der Waals surface area contributed by atoms with Crippen LogP contribution < -0.4 is 16.0 Å². The topological polar surface area (TPSA) is 129 Å². The zero-order valence-electron chi connectivity index (χ0n) is 17.1.